The number of rotatable bonds is 6. The first kappa shape index (κ1) is 19.2. The van der Waals surface area contributed by atoms with Crippen LogP contribution in [0, 0.1) is 0 Å². The fourth-order valence-corrected chi connectivity index (χ4v) is 3.49. The number of amides is 2. The van der Waals surface area contributed by atoms with Crippen LogP contribution in [0.3, 0.4) is 0 Å². The summed E-state index contributed by atoms with van der Waals surface area (Å²) in [4.78, 5) is 27.8. The highest BCUT2D eigenvalue weighted by Gasteiger charge is 2.26. The number of aryl methyl sites for hydroxylation is 1. The number of halogens is 1. The molecule has 0 bridgehead atoms. The highest BCUT2D eigenvalue weighted by atomic mass is 35.5. The number of imidazole rings is 1. The van der Waals surface area contributed by atoms with E-state index in [1.165, 1.54) is 0 Å². The van der Waals surface area contributed by atoms with Gasteiger partial charge in [0, 0.05) is 49.2 Å². The second-order valence-corrected chi connectivity index (χ2v) is 7.41. The summed E-state index contributed by atoms with van der Waals surface area (Å²) >= 11 is 6.03. The zero-order valence-corrected chi connectivity index (χ0v) is 16.7. The summed E-state index contributed by atoms with van der Waals surface area (Å²) in [5.41, 5.74) is 2.68. The summed E-state index contributed by atoms with van der Waals surface area (Å²) < 4.78 is 3.71. The molecule has 8 nitrogen and oxygen atoms in total. The lowest BCUT2D eigenvalue weighted by Crippen LogP contribution is -2.42. The molecule has 1 aromatic carbocycles. The van der Waals surface area contributed by atoms with Crippen LogP contribution in [0.1, 0.15) is 12.8 Å². The van der Waals surface area contributed by atoms with Gasteiger partial charge < -0.3 is 15.2 Å². The minimum atomic E-state index is -0.437. The quantitative estimate of drug-likeness (QED) is 0.647. The largest absolute Gasteiger partial charge is 0.352 e. The Hall–Kier alpha value is -3.13. The fraction of sp³-hybridized carbons (Fsp3) is 0.300. The first-order valence-electron chi connectivity index (χ1n) is 9.39. The molecular weight excluding hydrogens is 392 g/mol. The second kappa shape index (κ2) is 8.08. The van der Waals surface area contributed by atoms with Crippen molar-refractivity contribution in [1.29, 1.82) is 0 Å². The molecule has 1 aliphatic heterocycles. The summed E-state index contributed by atoms with van der Waals surface area (Å²) in [6.07, 6.45) is 6.48. The van der Waals surface area contributed by atoms with Crippen LogP contribution in [-0.2, 0) is 23.2 Å². The van der Waals surface area contributed by atoms with E-state index in [2.05, 4.69) is 15.6 Å². The van der Waals surface area contributed by atoms with Crippen molar-refractivity contribution in [1.82, 2.24) is 30.0 Å². The van der Waals surface area contributed by atoms with Gasteiger partial charge in [-0.25, -0.2) is 4.98 Å². The van der Waals surface area contributed by atoms with Crippen LogP contribution in [0.5, 0.6) is 0 Å². The number of aromatic nitrogens is 4. The molecule has 1 fully saturated rings. The maximum Gasteiger partial charge on any atom is 0.242 e. The molecule has 9 heteroatoms. The Bertz CT molecular complexity index is 1040. The van der Waals surface area contributed by atoms with Crippen molar-refractivity contribution in [2.45, 2.75) is 25.4 Å². The van der Waals surface area contributed by atoms with Gasteiger partial charge in [-0.2, -0.15) is 5.10 Å². The van der Waals surface area contributed by atoms with Crippen molar-refractivity contribution in [3.63, 3.8) is 0 Å². The van der Waals surface area contributed by atoms with Crippen LogP contribution in [0.4, 0.5) is 0 Å². The molecule has 4 rings (SSSR count). The van der Waals surface area contributed by atoms with E-state index in [1.54, 1.807) is 10.9 Å². The van der Waals surface area contributed by atoms with E-state index in [9.17, 15) is 9.59 Å². The van der Waals surface area contributed by atoms with Crippen molar-refractivity contribution < 1.29 is 9.59 Å². The number of carbonyl (C=O) groups is 2. The fourth-order valence-electron chi connectivity index (χ4n) is 3.36. The third-order valence-electron chi connectivity index (χ3n) is 4.90. The Kier molecular flexibility index (Phi) is 5.35. The molecule has 1 saturated heterocycles. The summed E-state index contributed by atoms with van der Waals surface area (Å²) in [5, 5.41) is 10.9. The zero-order chi connectivity index (χ0) is 20.4. The number of hydrogen-bond acceptors (Lipinski definition) is 4. The summed E-state index contributed by atoms with van der Waals surface area (Å²) in [6.45, 7) is 0.907. The summed E-state index contributed by atoms with van der Waals surface area (Å²) in [6, 6.07) is 7.13. The van der Waals surface area contributed by atoms with Gasteiger partial charge in [-0.1, -0.05) is 23.7 Å². The van der Waals surface area contributed by atoms with Crippen LogP contribution in [0.2, 0.25) is 5.02 Å². The second-order valence-electron chi connectivity index (χ2n) is 6.97. The van der Waals surface area contributed by atoms with Crippen LogP contribution in [0.15, 0.2) is 42.9 Å². The summed E-state index contributed by atoms with van der Waals surface area (Å²) in [7, 11) is 1.92. The molecular formula is C20H21ClN6O2. The van der Waals surface area contributed by atoms with Gasteiger partial charge in [0.2, 0.25) is 11.8 Å². The summed E-state index contributed by atoms with van der Waals surface area (Å²) in [5.74, 6) is 0.515. The van der Waals surface area contributed by atoms with Crippen LogP contribution >= 0.6 is 11.6 Å². The van der Waals surface area contributed by atoms with Gasteiger partial charge in [0.25, 0.3) is 0 Å². The van der Waals surface area contributed by atoms with Crippen LogP contribution in [-0.4, -0.2) is 43.7 Å². The Balaban J connectivity index is 1.52. The molecule has 3 heterocycles. The Labute approximate surface area is 172 Å². The Morgan fingerprint density at radius 1 is 1.34 bits per heavy atom. The molecule has 1 aliphatic rings. The minimum Gasteiger partial charge on any atom is -0.352 e. The predicted molar refractivity (Wildman–Crippen MR) is 109 cm³/mol. The van der Waals surface area contributed by atoms with E-state index in [4.69, 9.17) is 16.7 Å². The smallest absolute Gasteiger partial charge is 0.242 e. The van der Waals surface area contributed by atoms with E-state index in [-0.39, 0.29) is 11.8 Å². The van der Waals surface area contributed by atoms with Crippen molar-refractivity contribution in [3.8, 4) is 22.6 Å². The van der Waals surface area contributed by atoms with E-state index < -0.39 is 6.04 Å². The molecule has 2 amide bonds. The molecule has 2 N–H and O–H groups in total. The molecule has 0 unspecified atom stereocenters. The Morgan fingerprint density at radius 3 is 2.79 bits per heavy atom. The normalized spacial score (nSPS) is 16.1. The standard InChI is InChI=1S/C20H21ClN6O2/c1-26-10-8-22-19(26)18-15(13-2-4-14(21)5-3-13)12-27(25-18)11-9-23-20(29)16-6-7-17(28)24-16/h2-5,8,10,12,16H,6-7,9,11H2,1H3,(H,23,29)(H,24,28)/t16-/m0/s1. The lowest BCUT2D eigenvalue weighted by atomic mass is 10.1. The van der Waals surface area contributed by atoms with Gasteiger partial charge >= 0.3 is 0 Å². The molecule has 0 radical (unpaired) electrons. The molecule has 0 saturated carbocycles. The van der Waals surface area contributed by atoms with Crippen LogP contribution < -0.4 is 10.6 Å². The van der Waals surface area contributed by atoms with Crippen LogP contribution in [0.25, 0.3) is 22.6 Å². The average molecular weight is 413 g/mol. The third kappa shape index (κ3) is 4.17. The van der Waals surface area contributed by atoms with Gasteiger partial charge in [0.15, 0.2) is 5.82 Å². The molecule has 0 aliphatic carbocycles. The maximum absolute atomic E-state index is 12.2. The Morgan fingerprint density at radius 2 is 2.14 bits per heavy atom. The minimum absolute atomic E-state index is 0.0791. The SMILES string of the molecule is Cn1ccnc1-c1nn(CCNC(=O)[C@@H]2CCC(=O)N2)cc1-c1ccc(Cl)cc1. The van der Waals surface area contributed by atoms with Gasteiger partial charge in [-0.05, 0) is 24.1 Å². The van der Waals surface area contributed by atoms with Gasteiger partial charge in [0.1, 0.15) is 11.7 Å². The number of nitrogens with zero attached hydrogens (tertiary/aromatic N) is 4. The van der Waals surface area contributed by atoms with Crippen molar-refractivity contribution in [2.24, 2.45) is 7.05 Å². The van der Waals surface area contributed by atoms with E-state index in [1.807, 2.05) is 48.3 Å². The average Bonchev–Trinajstić information content (AvgIpc) is 3.42. The first-order valence-corrected chi connectivity index (χ1v) is 9.77. The predicted octanol–water partition coefficient (Wildman–Crippen LogP) is 2.00. The highest BCUT2D eigenvalue weighted by molar-refractivity contribution is 6.30. The molecule has 150 valence electrons. The first-order chi connectivity index (χ1) is 14.0. The molecule has 29 heavy (non-hydrogen) atoms. The van der Waals surface area contributed by atoms with E-state index in [0.29, 0.717) is 31.0 Å². The highest BCUT2D eigenvalue weighted by Crippen LogP contribution is 2.30. The van der Waals surface area contributed by atoms with E-state index >= 15 is 0 Å². The zero-order valence-electron chi connectivity index (χ0n) is 15.9. The van der Waals surface area contributed by atoms with Gasteiger partial charge in [-0.3, -0.25) is 14.3 Å². The van der Waals surface area contributed by atoms with Gasteiger partial charge in [-0.15, -0.1) is 0 Å². The molecule has 2 aromatic heterocycles. The third-order valence-corrected chi connectivity index (χ3v) is 5.15. The lowest BCUT2D eigenvalue weighted by Gasteiger charge is -2.10. The monoisotopic (exact) mass is 412 g/mol. The van der Waals surface area contributed by atoms with Crippen molar-refractivity contribution >= 4 is 23.4 Å². The molecule has 3 aromatic rings. The number of carbonyl (C=O) groups excluding carboxylic acids is 2. The van der Waals surface area contributed by atoms with Crippen molar-refractivity contribution in [3.05, 3.63) is 47.9 Å². The number of nitrogens with one attached hydrogen (secondary N) is 2. The van der Waals surface area contributed by atoms with Gasteiger partial charge in [0.05, 0.1) is 6.54 Å². The molecule has 1 atom stereocenters. The lowest BCUT2D eigenvalue weighted by molar-refractivity contribution is -0.125. The number of benzene rings is 1. The van der Waals surface area contributed by atoms with Crippen molar-refractivity contribution in [2.75, 3.05) is 6.54 Å². The topological polar surface area (TPSA) is 93.8 Å². The van der Waals surface area contributed by atoms with E-state index in [0.717, 1.165) is 22.6 Å². The maximum atomic E-state index is 12.2. The molecule has 0 spiro atoms. The number of hydrogen-bond donors (Lipinski definition) is 2.